The van der Waals surface area contributed by atoms with Gasteiger partial charge in [0.1, 0.15) is 0 Å². The van der Waals surface area contributed by atoms with Crippen molar-refractivity contribution in [3.05, 3.63) is 69.7 Å². The van der Waals surface area contributed by atoms with Gasteiger partial charge in [0.25, 0.3) is 5.91 Å². The molecule has 1 unspecified atom stereocenters. The predicted molar refractivity (Wildman–Crippen MR) is 83.2 cm³/mol. The summed E-state index contributed by atoms with van der Waals surface area (Å²) in [6.07, 6.45) is 0. The lowest BCUT2D eigenvalue weighted by Gasteiger charge is -2.16. The zero-order valence-corrected chi connectivity index (χ0v) is 12.7. The van der Waals surface area contributed by atoms with Crippen LogP contribution in [0.5, 0.6) is 0 Å². The van der Waals surface area contributed by atoms with Crippen LogP contribution in [0.15, 0.2) is 42.5 Å². The average molecular weight is 288 g/mol. The van der Waals surface area contributed by atoms with Crippen molar-refractivity contribution in [3.63, 3.8) is 0 Å². The molecule has 0 bridgehead atoms. The van der Waals surface area contributed by atoms with Crippen molar-refractivity contribution >= 4 is 17.5 Å². The van der Waals surface area contributed by atoms with Crippen LogP contribution in [0.1, 0.15) is 40.0 Å². The van der Waals surface area contributed by atoms with Gasteiger partial charge in [-0.1, -0.05) is 35.9 Å². The molecule has 104 valence electrons. The van der Waals surface area contributed by atoms with Gasteiger partial charge in [0.15, 0.2) is 0 Å². The van der Waals surface area contributed by atoms with E-state index in [-0.39, 0.29) is 11.9 Å². The van der Waals surface area contributed by atoms with Gasteiger partial charge in [0.2, 0.25) is 0 Å². The SMILES string of the molecule is Cc1ccc(C(C)NC(=O)c2cccc(Cl)c2)cc1C. The van der Waals surface area contributed by atoms with Crippen molar-refractivity contribution in [3.8, 4) is 0 Å². The first-order chi connectivity index (χ1) is 9.47. The Bertz CT molecular complexity index is 637. The first-order valence-corrected chi connectivity index (χ1v) is 6.99. The third-order valence-electron chi connectivity index (χ3n) is 3.47. The van der Waals surface area contributed by atoms with Crippen LogP contribution in [0.2, 0.25) is 5.02 Å². The summed E-state index contributed by atoms with van der Waals surface area (Å²) in [6, 6.07) is 13.2. The van der Waals surface area contributed by atoms with Gasteiger partial charge in [0.05, 0.1) is 6.04 Å². The van der Waals surface area contributed by atoms with E-state index in [0.717, 1.165) is 5.56 Å². The second-order valence-electron chi connectivity index (χ2n) is 5.05. The third-order valence-corrected chi connectivity index (χ3v) is 3.70. The van der Waals surface area contributed by atoms with Crippen LogP contribution >= 0.6 is 11.6 Å². The van der Waals surface area contributed by atoms with E-state index in [1.165, 1.54) is 11.1 Å². The monoisotopic (exact) mass is 287 g/mol. The molecule has 1 amide bonds. The van der Waals surface area contributed by atoms with E-state index in [4.69, 9.17) is 11.6 Å². The Morgan fingerprint density at radius 1 is 1.10 bits per heavy atom. The van der Waals surface area contributed by atoms with Crippen LogP contribution in [0.4, 0.5) is 0 Å². The number of carbonyl (C=O) groups is 1. The van der Waals surface area contributed by atoms with Crippen molar-refractivity contribution in [1.82, 2.24) is 5.32 Å². The molecule has 20 heavy (non-hydrogen) atoms. The van der Waals surface area contributed by atoms with Crippen LogP contribution in [-0.2, 0) is 0 Å². The van der Waals surface area contributed by atoms with Crippen LogP contribution in [-0.4, -0.2) is 5.91 Å². The molecule has 2 aromatic rings. The van der Waals surface area contributed by atoms with Crippen LogP contribution in [0.3, 0.4) is 0 Å². The van der Waals surface area contributed by atoms with Gasteiger partial charge in [-0.2, -0.15) is 0 Å². The molecule has 0 aliphatic heterocycles. The van der Waals surface area contributed by atoms with E-state index in [2.05, 4.69) is 31.3 Å². The van der Waals surface area contributed by atoms with Gasteiger partial charge in [-0.05, 0) is 55.7 Å². The van der Waals surface area contributed by atoms with Crippen molar-refractivity contribution in [2.45, 2.75) is 26.8 Å². The number of benzene rings is 2. The third kappa shape index (κ3) is 3.40. The molecule has 1 atom stereocenters. The highest BCUT2D eigenvalue weighted by molar-refractivity contribution is 6.30. The summed E-state index contributed by atoms with van der Waals surface area (Å²) in [5.41, 5.74) is 4.16. The lowest BCUT2D eigenvalue weighted by atomic mass is 10.0. The molecule has 0 spiro atoms. The summed E-state index contributed by atoms with van der Waals surface area (Å²) in [6.45, 7) is 6.13. The number of amides is 1. The van der Waals surface area contributed by atoms with E-state index in [9.17, 15) is 4.79 Å². The Kier molecular flexibility index (Phi) is 4.46. The lowest BCUT2D eigenvalue weighted by Crippen LogP contribution is -2.26. The fraction of sp³-hybridized carbons (Fsp3) is 0.235. The summed E-state index contributed by atoms with van der Waals surface area (Å²) in [4.78, 5) is 12.2. The van der Waals surface area contributed by atoms with E-state index in [1.807, 2.05) is 13.0 Å². The fourth-order valence-electron chi connectivity index (χ4n) is 2.03. The molecule has 2 nitrogen and oxygen atoms in total. The molecular weight excluding hydrogens is 270 g/mol. The molecule has 0 fully saturated rings. The predicted octanol–water partition coefficient (Wildman–Crippen LogP) is 4.45. The zero-order valence-electron chi connectivity index (χ0n) is 11.9. The highest BCUT2D eigenvalue weighted by Crippen LogP contribution is 2.18. The first kappa shape index (κ1) is 14.6. The topological polar surface area (TPSA) is 29.1 Å². The quantitative estimate of drug-likeness (QED) is 0.888. The van der Waals surface area contributed by atoms with Gasteiger partial charge < -0.3 is 5.32 Å². The molecule has 1 N–H and O–H groups in total. The molecule has 0 radical (unpaired) electrons. The van der Waals surface area contributed by atoms with E-state index < -0.39 is 0 Å². The first-order valence-electron chi connectivity index (χ1n) is 6.61. The van der Waals surface area contributed by atoms with Crippen LogP contribution in [0, 0.1) is 13.8 Å². The van der Waals surface area contributed by atoms with E-state index in [0.29, 0.717) is 10.6 Å². The molecule has 3 heteroatoms. The number of halogens is 1. The molecule has 0 aliphatic rings. The highest BCUT2D eigenvalue weighted by Gasteiger charge is 2.12. The van der Waals surface area contributed by atoms with E-state index in [1.54, 1.807) is 24.3 Å². The van der Waals surface area contributed by atoms with Crippen molar-refractivity contribution < 1.29 is 4.79 Å². The largest absolute Gasteiger partial charge is 0.346 e. The number of aryl methyl sites for hydroxylation is 2. The van der Waals surface area contributed by atoms with Crippen LogP contribution < -0.4 is 5.32 Å². The van der Waals surface area contributed by atoms with Crippen molar-refractivity contribution in [1.29, 1.82) is 0 Å². The number of hydrogen-bond acceptors (Lipinski definition) is 1. The van der Waals surface area contributed by atoms with Gasteiger partial charge in [-0.3, -0.25) is 4.79 Å². The van der Waals surface area contributed by atoms with Crippen molar-refractivity contribution in [2.24, 2.45) is 0 Å². The van der Waals surface area contributed by atoms with Gasteiger partial charge in [-0.25, -0.2) is 0 Å². The zero-order chi connectivity index (χ0) is 14.7. The Morgan fingerprint density at radius 3 is 2.50 bits per heavy atom. The Balaban J connectivity index is 2.13. The second kappa shape index (κ2) is 6.10. The Morgan fingerprint density at radius 2 is 1.85 bits per heavy atom. The molecule has 0 saturated carbocycles. The maximum absolute atomic E-state index is 12.2. The fourth-order valence-corrected chi connectivity index (χ4v) is 2.22. The van der Waals surface area contributed by atoms with Crippen LogP contribution in [0.25, 0.3) is 0 Å². The smallest absolute Gasteiger partial charge is 0.251 e. The molecule has 0 saturated heterocycles. The van der Waals surface area contributed by atoms with Gasteiger partial charge in [0, 0.05) is 10.6 Å². The van der Waals surface area contributed by atoms with E-state index >= 15 is 0 Å². The summed E-state index contributed by atoms with van der Waals surface area (Å²) >= 11 is 5.90. The maximum Gasteiger partial charge on any atom is 0.251 e. The summed E-state index contributed by atoms with van der Waals surface area (Å²) < 4.78 is 0. The molecule has 0 heterocycles. The second-order valence-corrected chi connectivity index (χ2v) is 5.49. The summed E-state index contributed by atoms with van der Waals surface area (Å²) in [5, 5.41) is 3.55. The minimum Gasteiger partial charge on any atom is -0.346 e. The Hall–Kier alpha value is -1.80. The molecule has 0 aromatic heterocycles. The lowest BCUT2D eigenvalue weighted by molar-refractivity contribution is 0.0940. The standard InChI is InChI=1S/C17H18ClNO/c1-11-7-8-14(9-12(11)2)13(3)19-17(20)15-5-4-6-16(18)10-15/h4-10,13H,1-3H3,(H,19,20). The van der Waals surface area contributed by atoms with Gasteiger partial charge in [-0.15, -0.1) is 0 Å². The minimum atomic E-state index is -0.113. The number of carbonyl (C=O) groups excluding carboxylic acids is 1. The Labute approximate surface area is 124 Å². The normalized spacial score (nSPS) is 12.0. The molecular formula is C17H18ClNO. The number of rotatable bonds is 3. The average Bonchev–Trinajstić information content (AvgIpc) is 2.41. The molecule has 0 aliphatic carbocycles. The minimum absolute atomic E-state index is 0.0409. The highest BCUT2D eigenvalue weighted by atomic mass is 35.5. The summed E-state index contributed by atoms with van der Waals surface area (Å²) in [7, 11) is 0. The summed E-state index contributed by atoms with van der Waals surface area (Å²) in [5.74, 6) is -0.113. The maximum atomic E-state index is 12.2. The van der Waals surface area contributed by atoms with Gasteiger partial charge >= 0.3 is 0 Å². The number of hydrogen-bond donors (Lipinski definition) is 1. The number of nitrogens with one attached hydrogen (secondary N) is 1. The van der Waals surface area contributed by atoms with Crippen molar-refractivity contribution in [2.75, 3.05) is 0 Å². The molecule has 2 aromatic carbocycles. The molecule has 2 rings (SSSR count).